The minimum atomic E-state index is -2.92. The van der Waals surface area contributed by atoms with Crippen LogP contribution in [0.3, 0.4) is 0 Å². The number of rotatable bonds is 4. The first-order valence-corrected chi connectivity index (χ1v) is 7.06. The van der Waals surface area contributed by atoms with Gasteiger partial charge in [0.05, 0.1) is 5.69 Å². The molecule has 0 spiro atoms. The van der Waals surface area contributed by atoms with E-state index in [9.17, 15) is 13.6 Å². The van der Waals surface area contributed by atoms with Gasteiger partial charge in [-0.15, -0.1) is 0 Å². The third-order valence-electron chi connectivity index (χ3n) is 3.69. The Hall–Kier alpha value is -1.69. The van der Waals surface area contributed by atoms with E-state index in [-0.39, 0.29) is 23.6 Å². The maximum atomic E-state index is 12.4. The second-order valence-electron chi connectivity index (χ2n) is 5.39. The molecule has 2 rings (SSSR count). The van der Waals surface area contributed by atoms with Crippen LogP contribution >= 0.6 is 0 Å². The number of piperidine rings is 1. The van der Waals surface area contributed by atoms with Crippen LogP contribution in [-0.4, -0.2) is 25.1 Å². The van der Waals surface area contributed by atoms with Crippen molar-refractivity contribution in [2.24, 2.45) is 5.92 Å². The number of amides is 1. The van der Waals surface area contributed by atoms with Gasteiger partial charge in [0.25, 0.3) is 0 Å². The van der Waals surface area contributed by atoms with Crippen molar-refractivity contribution in [2.45, 2.75) is 39.3 Å². The zero-order chi connectivity index (χ0) is 15.4. The topological polar surface area (TPSA) is 50.4 Å². The minimum absolute atomic E-state index is 0.000308. The van der Waals surface area contributed by atoms with E-state index in [1.807, 2.05) is 6.92 Å². The Balaban J connectivity index is 2.12. The van der Waals surface area contributed by atoms with E-state index >= 15 is 0 Å². The molecule has 0 unspecified atom stereocenters. The SMILES string of the molecule is Cc1cccc(OC(F)F)c1NC(=O)[C@H]1CCN[C@@H](C)C1. The molecule has 1 aliphatic heterocycles. The van der Waals surface area contributed by atoms with Gasteiger partial charge < -0.3 is 15.4 Å². The molecule has 0 bridgehead atoms. The van der Waals surface area contributed by atoms with Gasteiger partial charge in [-0.1, -0.05) is 12.1 Å². The van der Waals surface area contributed by atoms with Gasteiger partial charge in [0.15, 0.2) is 0 Å². The first-order chi connectivity index (χ1) is 9.97. The number of ether oxygens (including phenoxy) is 1. The Morgan fingerprint density at radius 2 is 2.24 bits per heavy atom. The van der Waals surface area contributed by atoms with Crippen LogP contribution in [0.5, 0.6) is 5.75 Å². The second kappa shape index (κ2) is 6.85. The Morgan fingerprint density at radius 3 is 2.90 bits per heavy atom. The lowest BCUT2D eigenvalue weighted by molar-refractivity contribution is -0.121. The number of aryl methyl sites for hydroxylation is 1. The monoisotopic (exact) mass is 298 g/mol. The van der Waals surface area contributed by atoms with Crippen LogP contribution < -0.4 is 15.4 Å². The molecule has 2 atom stereocenters. The van der Waals surface area contributed by atoms with Crippen molar-refractivity contribution in [2.75, 3.05) is 11.9 Å². The number of carbonyl (C=O) groups excluding carboxylic acids is 1. The van der Waals surface area contributed by atoms with E-state index in [2.05, 4.69) is 15.4 Å². The fraction of sp³-hybridized carbons (Fsp3) is 0.533. The largest absolute Gasteiger partial charge is 0.433 e. The molecule has 1 fully saturated rings. The Labute approximate surface area is 122 Å². The van der Waals surface area contributed by atoms with Crippen LogP contribution in [0.4, 0.5) is 14.5 Å². The van der Waals surface area contributed by atoms with Gasteiger partial charge in [-0.3, -0.25) is 4.79 Å². The predicted octanol–water partition coefficient (Wildman–Crippen LogP) is 2.92. The zero-order valence-electron chi connectivity index (χ0n) is 12.2. The average Bonchev–Trinajstić information content (AvgIpc) is 2.42. The van der Waals surface area contributed by atoms with Crippen LogP contribution in [0.2, 0.25) is 0 Å². The predicted molar refractivity (Wildman–Crippen MR) is 76.6 cm³/mol. The first-order valence-electron chi connectivity index (χ1n) is 7.06. The lowest BCUT2D eigenvalue weighted by Crippen LogP contribution is -2.40. The fourth-order valence-corrected chi connectivity index (χ4v) is 2.59. The molecule has 0 radical (unpaired) electrons. The summed E-state index contributed by atoms with van der Waals surface area (Å²) >= 11 is 0. The number of alkyl halides is 2. The summed E-state index contributed by atoms with van der Waals surface area (Å²) in [4.78, 5) is 12.3. The van der Waals surface area contributed by atoms with Crippen molar-refractivity contribution in [1.29, 1.82) is 0 Å². The summed E-state index contributed by atoms with van der Waals surface area (Å²) in [5, 5.41) is 6.03. The molecule has 1 aliphatic rings. The van der Waals surface area contributed by atoms with E-state index in [1.165, 1.54) is 6.07 Å². The standard InChI is InChI=1S/C15H20F2N2O2/c1-9-4-3-5-12(21-15(16)17)13(9)19-14(20)11-6-7-18-10(2)8-11/h3-5,10-11,15,18H,6-8H2,1-2H3,(H,19,20)/t10-,11-/m0/s1. The van der Waals surface area contributed by atoms with E-state index in [0.717, 1.165) is 19.4 Å². The third kappa shape index (κ3) is 4.14. The minimum Gasteiger partial charge on any atom is -0.433 e. The molecule has 21 heavy (non-hydrogen) atoms. The Kier molecular flexibility index (Phi) is 5.12. The summed E-state index contributed by atoms with van der Waals surface area (Å²) in [6, 6.07) is 5.08. The van der Waals surface area contributed by atoms with Gasteiger partial charge in [-0.05, 0) is 44.9 Å². The van der Waals surface area contributed by atoms with E-state index < -0.39 is 6.61 Å². The maximum Gasteiger partial charge on any atom is 0.387 e. The van der Waals surface area contributed by atoms with Crippen molar-refractivity contribution in [3.8, 4) is 5.75 Å². The highest BCUT2D eigenvalue weighted by atomic mass is 19.3. The maximum absolute atomic E-state index is 12.4. The lowest BCUT2D eigenvalue weighted by atomic mass is 9.92. The number of nitrogens with one attached hydrogen (secondary N) is 2. The summed E-state index contributed by atoms with van der Waals surface area (Å²) in [7, 11) is 0. The lowest BCUT2D eigenvalue weighted by Gasteiger charge is -2.27. The van der Waals surface area contributed by atoms with Crippen molar-refractivity contribution in [1.82, 2.24) is 5.32 Å². The van der Waals surface area contributed by atoms with Gasteiger partial charge in [0, 0.05) is 12.0 Å². The third-order valence-corrected chi connectivity index (χ3v) is 3.69. The molecule has 4 nitrogen and oxygen atoms in total. The van der Waals surface area contributed by atoms with Gasteiger partial charge in [0.2, 0.25) is 5.91 Å². The first kappa shape index (κ1) is 15.7. The number of hydrogen-bond acceptors (Lipinski definition) is 3. The summed E-state index contributed by atoms with van der Waals surface area (Å²) in [6.45, 7) is 1.65. The molecular formula is C15H20F2N2O2. The Morgan fingerprint density at radius 1 is 1.48 bits per heavy atom. The zero-order valence-corrected chi connectivity index (χ0v) is 12.2. The van der Waals surface area contributed by atoms with Crippen LogP contribution in [0.1, 0.15) is 25.3 Å². The van der Waals surface area contributed by atoms with Crippen molar-refractivity contribution >= 4 is 11.6 Å². The number of halogens is 2. The molecule has 0 aliphatic carbocycles. The molecular weight excluding hydrogens is 278 g/mol. The van der Waals surface area contributed by atoms with Crippen molar-refractivity contribution in [3.05, 3.63) is 23.8 Å². The molecule has 6 heteroatoms. The number of anilines is 1. The molecule has 1 heterocycles. The molecule has 2 N–H and O–H groups in total. The quantitative estimate of drug-likeness (QED) is 0.898. The Bertz CT molecular complexity index is 508. The molecule has 1 amide bonds. The summed E-state index contributed by atoms with van der Waals surface area (Å²) in [5.41, 5.74) is 1.03. The number of benzene rings is 1. The molecule has 1 aromatic rings. The summed E-state index contributed by atoms with van der Waals surface area (Å²) in [5.74, 6) is -0.252. The molecule has 116 valence electrons. The van der Waals surface area contributed by atoms with E-state index in [0.29, 0.717) is 11.3 Å². The van der Waals surface area contributed by atoms with Gasteiger partial charge in [0.1, 0.15) is 5.75 Å². The van der Waals surface area contributed by atoms with Crippen molar-refractivity contribution in [3.63, 3.8) is 0 Å². The number of carbonyl (C=O) groups is 1. The van der Waals surface area contributed by atoms with E-state index in [1.54, 1.807) is 19.1 Å². The van der Waals surface area contributed by atoms with Crippen LogP contribution in [-0.2, 0) is 4.79 Å². The smallest absolute Gasteiger partial charge is 0.387 e. The van der Waals surface area contributed by atoms with Crippen molar-refractivity contribution < 1.29 is 18.3 Å². The van der Waals surface area contributed by atoms with Crippen LogP contribution in [0.15, 0.2) is 18.2 Å². The van der Waals surface area contributed by atoms with Crippen LogP contribution in [0, 0.1) is 12.8 Å². The van der Waals surface area contributed by atoms with Gasteiger partial charge in [-0.25, -0.2) is 0 Å². The highest BCUT2D eigenvalue weighted by Crippen LogP contribution is 2.30. The normalized spacial score (nSPS) is 22.1. The van der Waals surface area contributed by atoms with Gasteiger partial charge in [-0.2, -0.15) is 8.78 Å². The summed E-state index contributed by atoms with van der Waals surface area (Å²) < 4.78 is 29.3. The fourth-order valence-electron chi connectivity index (χ4n) is 2.59. The molecule has 0 saturated carbocycles. The molecule has 1 aromatic carbocycles. The molecule has 0 aromatic heterocycles. The van der Waals surface area contributed by atoms with Gasteiger partial charge >= 0.3 is 6.61 Å². The highest BCUT2D eigenvalue weighted by Gasteiger charge is 2.26. The van der Waals surface area contributed by atoms with Crippen LogP contribution in [0.25, 0.3) is 0 Å². The molecule has 1 saturated heterocycles. The second-order valence-corrected chi connectivity index (χ2v) is 5.39. The number of para-hydroxylation sites is 1. The van der Waals surface area contributed by atoms with E-state index in [4.69, 9.17) is 0 Å². The average molecular weight is 298 g/mol. The summed E-state index contributed by atoms with van der Waals surface area (Å²) in [6.07, 6.45) is 1.48. The number of hydrogen-bond donors (Lipinski definition) is 2. The highest BCUT2D eigenvalue weighted by molar-refractivity contribution is 5.94.